The molecule has 0 saturated carbocycles. The molecular formula is C9H18NP. The van der Waals surface area contributed by atoms with E-state index in [1.165, 1.54) is 19.3 Å². The largest absolute Gasteiger partial charge is 0.282 e. The topological polar surface area (TPSA) is 3.24 Å². The second kappa shape index (κ2) is 4.23. The van der Waals surface area contributed by atoms with Crippen molar-refractivity contribution in [2.45, 2.75) is 26.4 Å². The zero-order chi connectivity index (χ0) is 8.27. The fraction of sp³-hybridized carbons (Fsp3) is 0.778. The van der Waals surface area contributed by atoms with Gasteiger partial charge >= 0.3 is 0 Å². The van der Waals surface area contributed by atoms with Crippen molar-refractivity contribution in [2.24, 2.45) is 0 Å². The van der Waals surface area contributed by atoms with E-state index in [9.17, 15) is 0 Å². The van der Waals surface area contributed by atoms with Crippen LogP contribution in [-0.4, -0.2) is 29.6 Å². The quantitative estimate of drug-likeness (QED) is 0.466. The molecule has 2 atom stereocenters. The molecule has 11 heavy (non-hydrogen) atoms. The molecule has 0 radical (unpaired) electrons. The monoisotopic (exact) mass is 171 g/mol. The molecule has 2 heteroatoms. The van der Waals surface area contributed by atoms with Crippen molar-refractivity contribution in [3.63, 3.8) is 0 Å². The molecule has 0 aromatic heterocycles. The molecule has 1 heterocycles. The first-order valence-electron chi connectivity index (χ1n) is 4.47. The standard InChI is InChI=1S/C9H18NP/c1-4-10(5-2)11-8-6-7-9(11)3/h6-7,9H,4-5,8H2,1-3H3. The van der Waals surface area contributed by atoms with E-state index in [-0.39, 0.29) is 8.07 Å². The van der Waals surface area contributed by atoms with Crippen LogP contribution in [0, 0.1) is 0 Å². The third-order valence-electron chi connectivity index (χ3n) is 2.27. The molecule has 0 spiro atoms. The average molecular weight is 171 g/mol. The van der Waals surface area contributed by atoms with Crippen LogP contribution < -0.4 is 0 Å². The lowest BCUT2D eigenvalue weighted by Crippen LogP contribution is -2.20. The fourth-order valence-electron chi connectivity index (χ4n) is 1.59. The zero-order valence-electron chi connectivity index (χ0n) is 7.75. The summed E-state index contributed by atoms with van der Waals surface area (Å²) in [5.41, 5.74) is 0.824. The van der Waals surface area contributed by atoms with Crippen LogP contribution in [0.15, 0.2) is 12.2 Å². The highest BCUT2D eigenvalue weighted by molar-refractivity contribution is 7.56. The van der Waals surface area contributed by atoms with E-state index in [4.69, 9.17) is 0 Å². The van der Waals surface area contributed by atoms with Crippen LogP contribution in [-0.2, 0) is 0 Å². The Morgan fingerprint density at radius 1 is 1.45 bits per heavy atom. The highest BCUT2D eigenvalue weighted by atomic mass is 31.1. The van der Waals surface area contributed by atoms with Crippen molar-refractivity contribution in [3.05, 3.63) is 12.2 Å². The maximum Gasteiger partial charge on any atom is 0.00775 e. The lowest BCUT2D eigenvalue weighted by atomic mass is 10.4. The molecular weight excluding hydrogens is 153 g/mol. The van der Waals surface area contributed by atoms with Crippen molar-refractivity contribution >= 4 is 8.07 Å². The molecule has 64 valence electrons. The summed E-state index contributed by atoms with van der Waals surface area (Å²) in [4.78, 5) is 0. The number of nitrogens with zero attached hydrogens (tertiary/aromatic N) is 1. The SMILES string of the molecule is CCN(CC)P1CC=CC1C. The second-order valence-electron chi connectivity index (χ2n) is 2.93. The van der Waals surface area contributed by atoms with Gasteiger partial charge in [0.15, 0.2) is 0 Å². The smallest absolute Gasteiger partial charge is 0.00775 e. The van der Waals surface area contributed by atoms with Crippen LogP contribution in [0.25, 0.3) is 0 Å². The molecule has 1 aliphatic heterocycles. The molecule has 1 aliphatic rings. The van der Waals surface area contributed by atoms with Gasteiger partial charge in [-0.15, -0.1) is 0 Å². The van der Waals surface area contributed by atoms with E-state index in [2.05, 4.69) is 37.6 Å². The Morgan fingerprint density at radius 2 is 2.09 bits per heavy atom. The van der Waals surface area contributed by atoms with E-state index >= 15 is 0 Å². The van der Waals surface area contributed by atoms with Gasteiger partial charge in [0.2, 0.25) is 0 Å². The maximum atomic E-state index is 2.61. The van der Waals surface area contributed by atoms with Gasteiger partial charge in [0, 0.05) is 5.66 Å². The predicted molar refractivity (Wildman–Crippen MR) is 53.3 cm³/mol. The van der Waals surface area contributed by atoms with E-state index in [0.29, 0.717) is 0 Å². The van der Waals surface area contributed by atoms with E-state index in [1.807, 2.05) is 0 Å². The minimum Gasteiger partial charge on any atom is -0.282 e. The summed E-state index contributed by atoms with van der Waals surface area (Å²) in [5.74, 6) is 0. The predicted octanol–water partition coefficient (Wildman–Crippen LogP) is 2.68. The minimum atomic E-state index is 0.152. The molecule has 0 fully saturated rings. The average Bonchev–Trinajstić information content (AvgIpc) is 2.40. The van der Waals surface area contributed by atoms with Crippen LogP contribution in [0.1, 0.15) is 20.8 Å². The number of allylic oxidation sites excluding steroid dienone is 2. The summed E-state index contributed by atoms with van der Waals surface area (Å²) in [7, 11) is 0.152. The molecule has 0 aromatic rings. The summed E-state index contributed by atoms with van der Waals surface area (Å²) in [6.07, 6.45) is 6.02. The van der Waals surface area contributed by atoms with Gasteiger partial charge in [-0.2, -0.15) is 0 Å². The van der Waals surface area contributed by atoms with Crippen molar-refractivity contribution in [2.75, 3.05) is 19.3 Å². The van der Waals surface area contributed by atoms with Gasteiger partial charge in [0.25, 0.3) is 0 Å². The lowest BCUT2D eigenvalue weighted by Gasteiger charge is -2.29. The molecule has 0 N–H and O–H groups in total. The Morgan fingerprint density at radius 3 is 2.45 bits per heavy atom. The maximum absolute atomic E-state index is 2.61. The van der Waals surface area contributed by atoms with Crippen LogP contribution in [0.5, 0.6) is 0 Å². The summed E-state index contributed by atoms with van der Waals surface area (Å²) < 4.78 is 2.61. The summed E-state index contributed by atoms with van der Waals surface area (Å²) in [6, 6.07) is 0. The summed E-state index contributed by atoms with van der Waals surface area (Å²) >= 11 is 0. The minimum absolute atomic E-state index is 0.152. The van der Waals surface area contributed by atoms with Gasteiger partial charge in [0.1, 0.15) is 0 Å². The Balaban J connectivity index is 2.46. The molecule has 0 bridgehead atoms. The van der Waals surface area contributed by atoms with Gasteiger partial charge in [-0.1, -0.05) is 32.9 Å². The van der Waals surface area contributed by atoms with Crippen molar-refractivity contribution in [3.8, 4) is 0 Å². The van der Waals surface area contributed by atoms with Gasteiger partial charge in [-0.25, -0.2) is 0 Å². The highest BCUT2D eigenvalue weighted by Gasteiger charge is 2.22. The fourth-order valence-corrected chi connectivity index (χ4v) is 4.05. The number of hydrogen-bond acceptors (Lipinski definition) is 1. The first-order chi connectivity index (χ1) is 5.29. The Hall–Kier alpha value is 0.130. The Bertz CT molecular complexity index is 140. The van der Waals surface area contributed by atoms with Crippen LogP contribution in [0.2, 0.25) is 0 Å². The number of hydrogen-bond donors (Lipinski definition) is 0. The van der Waals surface area contributed by atoms with Gasteiger partial charge in [-0.05, 0) is 27.3 Å². The second-order valence-corrected chi connectivity index (χ2v) is 5.55. The zero-order valence-corrected chi connectivity index (χ0v) is 8.64. The van der Waals surface area contributed by atoms with Gasteiger partial charge < -0.3 is 0 Å². The molecule has 0 saturated heterocycles. The van der Waals surface area contributed by atoms with Crippen molar-refractivity contribution in [1.82, 2.24) is 4.67 Å². The molecule has 0 amide bonds. The molecule has 0 aliphatic carbocycles. The van der Waals surface area contributed by atoms with Crippen molar-refractivity contribution < 1.29 is 0 Å². The normalized spacial score (nSPS) is 30.2. The van der Waals surface area contributed by atoms with Crippen LogP contribution in [0.3, 0.4) is 0 Å². The van der Waals surface area contributed by atoms with Crippen LogP contribution in [0.4, 0.5) is 0 Å². The van der Waals surface area contributed by atoms with E-state index in [0.717, 1.165) is 5.66 Å². The molecule has 2 unspecified atom stereocenters. The third kappa shape index (κ3) is 2.04. The molecule has 0 aromatic carbocycles. The first kappa shape index (κ1) is 9.22. The van der Waals surface area contributed by atoms with E-state index < -0.39 is 0 Å². The molecule has 1 nitrogen and oxygen atoms in total. The van der Waals surface area contributed by atoms with Gasteiger partial charge in [-0.3, -0.25) is 4.67 Å². The molecule has 1 rings (SSSR count). The Labute approximate surface area is 71.3 Å². The number of rotatable bonds is 3. The summed E-state index contributed by atoms with van der Waals surface area (Å²) in [5, 5.41) is 0. The van der Waals surface area contributed by atoms with Crippen LogP contribution >= 0.6 is 8.07 Å². The Kier molecular flexibility index (Phi) is 3.54. The third-order valence-corrected chi connectivity index (χ3v) is 5.26. The van der Waals surface area contributed by atoms with E-state index in [1.54, 1.807) is 0 Å². The summed E-state index contributed by atoms with van der Waals surface area (Å²) in [6.45, 7) is 9.30. The first-order valence-corrected chi connectivity index (χ1v) is 6.02. The highest BCUT2D eigenvalue weighted by Crippen LogP contribution is 2.48. The lowest BCUT2D eigenvalue weighted by molar-refractivity contribution is 0.505. The van der Waals surface area contributed by atoms with Gasteiger partial charge in [0.05, 0.1) is 0 Å². The van der Waals surface area contributed by atoms with Crippen molar-refractivity contribution in [1.29, 1.82) is 0 Å².